The monoisotopic (exact) mass is 253 g/mol. The first-order chi connectivity index (χ1) is 8.19. The van der Waals surface area contributed by atoms with Crippen LogP contribution in [0.3, 0.4) is 0 Å². The zero-order valence-corrected chi connectivity index (χ0v) is 10.4. The lowest BCUT2D eigenvalue weighted by Gasteiger charge is -2.08. The molecule has 6 heteroatoms. The Morgan fingerprint density at radius 2 is 2.24 bits per heavy atom. The van der Waals surface area contributed by atoms with Gasteiger partial charge in [0.1, 0.15) is 5.75 Å². The molecule has 0 aliphatic heterocycles. The number of carbonyl (C=O) groups is 1. The van der Waals surface area contributed by atoms with Gasteiger partial charge in [-0.15, -0.1) is 0 Å². The first-order valence-corrected chi connectivity index (χ1v) is 5.74. The van der Waals surface area contributed by atoms with Gasteiger partial charge in [0.25, 0.3) is 5.24 Å². The Morgan fingerprint density at radius 1 is 1.47 bits per heavy atom. The molecule has 0 saturated heterocycles. The highest BCUT2D eigenvalue weighted by Crippen LogP contribution is 2.29. The standard InChI is InChI=1S/C11H12ClN3O2/c1-3-15-11-8(6-14-15)9(17-4-2)7(5-13-11)10(12)16/h5-6H,3-4H2,1-2H3. The Balaban J connectivity index is 2.70. The summed E-state index contributed by atoms with van der Waals surface area (Å²) in [6.45, 7) is 4.97. The minimum atomic E-state index is -0.577. The molecule has 0 aliphatic carbocycles. The second-order valence-corrected chi connectivity index (χ2v) is 3.75. The van der Waals surface area contributed by atoms with Crippen molar-refractivity contribution >= 4 is 27.9 Å². The fourth-order valence-corrected chi connectivity index (χ4v) is 1.81. The molecule has 0 N–H and O–H groups in total. The van der Waals surface area contributed by atoms with Gasteiger partial charge in [0.2, 0.25) is 0 Å². The van der Waals surface area contributed by atoms with Crippen LogP contribution in [-0.4, -0.2) is 26.6 Å². The van der Waals surface area contributed by atoms with Crippen LogP contribution in [0, 0.1) is 0 Å². The van der Waals surface area contributed by atoms with E-state index in [1.807, 2.05) is 13.8 Å². The van der Waals surface area contributed by atoms with Crippen LogP contribution in [0.1, 0.15) is 24.2 Å². The van der Waals surface area contributed by atoms with Gasteiger partial charge in [-0.1, -0.05) is 0 Å². The van der Waals surface area contributed by atoms with E-state index in [2.05, 4.69) is 10.1 Å². The summed E-state index contributed by atoms with van der Waals surface area (Å²) in [5.41, 5.74) is 0.967. The molecule has 2 aromatic rings. The molecule has 0 fully saturated rings. The van der Waals surface area contributed by atoms with E-state index in [4.69, 9.17) is 16.3 Å². The van der Waals surface area contributed by atoms with E-state index in [1.54, 1.807) is 10.9 Å². The van der Waals surface area contributed by atoms with Crippen LogP contribution in [0.5, 0.6) is 5.75 Å². The smallest absolute Gasteiger partial charge is 0.257 e. The number of aromatic nitrogens is 3. The van der Waals surface area contributed by atoms with E-state index < -0.39 is 5.24 Å². The lowest BCUT2D eigenvalue weighted by atomic mass is 10.2. The lowest BCUT2D eigenvalue weighted by molar-refractivity contribution is 0.107. The topological polar surface area (TPSA) is 57.0 Å². The predicted octanol–water partition coefficient (Wildman–Crippen LogP) is 2.23. The Hall–Kier alpha value is -1.62. The molecule has 0 saturated carbocycles. The van der Waals surface area contributed by atoms with Gasteiger partial charge in [-0.2, -0.15) is 5.10 Å². The third kappa shape index (κ3) is 1.98. The van der Waals surface area contributed by atoms with Crippen molar-refractivity contribution in [3.8, 4) is 5.75 Å². The van der Waals surface area contributed by atoms with Crippen molar-refractivity contribution in [2.24, 2.45) is 0 Å². The largest absolute Gasteiger partial charge is 0.492 e. The van der Waals surface area contributed by atoms with Gasteiger partial charge < -0.3 is 4.74 Å². The maximum atomic E-state index is 11.3. The molecule has 0 aliphatic rings. The quantitative estimate of drug-likeness (QED) is 0.784. The van der Waals surface area contributed by atoms with Crippen molar-refractivity contribution in [2.45, 2.75) is 20.4 Å². The van der Waals surface area contributed by atoms with E-state index in [0.717, 1.165) is 0 Å². The Bertz CT molecular complexity index is 565. The summed E-state index contributed by atoms with van der Waals surface area (Å²) >= 11 is 5.50. The van der Waals surface area contributed by atoms with E-state index in [1.165, 1.54) is 6.20 Å². The molecule has 90 valence electrons. The van der Waals surface area contributed by atoms with Crippen molar-refractivity contribution in [2.75, 3.05) is 6.61 Å². The molecule has 0 aromatic carbocycles. The summed E-state index contributed by atoms with van der Waals surface area (Å²) in [4.78, 5) is 15.5. The molecule has 0 unspecified atom stereocenters. The zero-order valence-electron chi connectivity index (χ0n) is 9.61. The lowest BCUT2D eigenvalue weighted by Crippen LogP contribution is -2.02. The Labute approximate surface area is 103 Å². The molecule has 0 spiro atoms. The highest BCUT2D eigenvalue weighted by atomic mass is 35.5. The molecule has 0 atom stereocenters. The van der Waals surface area contributed by atoms with Gasteiger partial charge >= 0.3 is 0 Å². The number of aryl methyl sites for hydroxylation is 1. The molecule has 0 bridgehead atoms. The van der Waals surface area contributed by atoms with Crippen LogP contribution in [0.25, 0.3) is 11.0 Å². The van der Waals surface area contributed by atoms with E-state index in [9.17, 15) is 4.79 Å². The molecule has 2 rings (SSSR count). The van der Waals surface area contributed by atoms with Gasteiger partial charge in [-0.3, -0.25) is 4.79 Å². The molecular formula is C11H12ClN3O2. The summed E-state index contributed by atoms with van der Waals surface area (Å²) in [6, 6.07) is 0. The highest BCUT2D eigenvalue weighted by molar-refractivity contribution is 6.68. The number of fused-ring (bicyclic) bond motifs is 1. The van der Waals surface area contributed by atoms with Crippen molar-refractivity contribution in [3.05, 3.63) is 18.0 Å². The van der Waals surface area contributed by atoms with Gasteiger partial charge in [0.15, 0.2) is 5.65 Å². The molecule has 2 aromatic heterocycles. The SMILES string of the molecule is CCOc1c(C(=O)Cl)cnc2c1cnn2CC. The summed E-state index contributed by atoms with van der Waals surface area (Å²) in [5.74, 6) is 0.456. The van der Waals surface area contributed by atoms with Crippen molar-refractivity contribution in [1.82, 2.24) is 14.8 Å². The zero-order chi connectivity index (χ0) is 12.4. The summed E-state index contributed by atoms with van der Waals surface area (Å²) < 4.78 is 7.21. The first kappa shape index (κ1) is 11.9. The molecule has 0 radical (unpaired) electrons. The third-order valence-corrected chi connectivity index (χ3v) is 2.62. The number of nitrogens with zero attached hydrogens (tertiary/aromatic N) is 3. The summed E-state index contributed by atoms with van der Waals surface area (Å²) in [7, 11) is 0. The average molecular weight is 254 g/mol. The van der Waals surface area contributed by atoms with Crippen LogP contribution >= 0.6 is 11.6 Å². The number of rotatable bonds is 4. The fourth-order valence-electron chi connectivity index (χ4n) is 1.68. The molecule has 2 heterocycles. The Morgan fingerprint density at radius 3 is 2.82 bits per heavy atom. The minimum absolute atomic E-state index is 0.275. The van der Waals surface area contributed by atoms with Crippen molar-refractivity contribution in [3.63, 3.8) is 0 Å². The second-order valence-electron chi connectivity index (χ2n) is 3.41. The number of ether oxygens (including phenoxy) is 1. The second kappa shape index (κ2) is 4.71. The van der Waals surface area contributed by atoms with Crippen LogP contribution in [0.15, 0.2) is 12.4 Å². The van der Waals surface area contributed by atoms with Crippen molar-refractivity contribution in [1.29, 1.82) is 0 Å². The van der Waals surface area contributed by atoms with E-state index in [-0.39, 0.29) is 5.56 Å². The normalized spacial score (nSPS) is 10.8. The number of hydrogen-bond donors (Lipinski definition) is 0. The molecule has 5 nitrogen and oxygen atoms in total. The van der Waals surface area contributed by atoms with E-state index >= 15 is 0 Å². The maximum absolute atomic E-state index is 11.3. The van der Waals surface area contributed by atoms with Gasteiger partial charge in [0, 0.05) is 12.7 Å². The van der Waals surface area contributed by atoms with E-state index in [0.29, 0.717) is 29.9 Å². The van der Waals surface area contributed by atoms with Gasteiger partial charge in [-0.05, 0) is 25.4 Å². The van der Waals surface area contributed by atoms with Gasteiger partial charge in [-0.25, -0.2) is 9.67 Å². The van der Waals surface area contributed by atoms with Gasteiger partial charge in [0.05, 0.1) is 23.8 Å². The number of halogens is 1. The highest BCUT2D eigenvalue weighted by Gasteiger charge is 2.17. The first-order valence-electron chi connectivity index (χ1n) is 5.36. The number of carbonyl (C=O) groups excluding carboxylic acids is 1. The average Bonchev–Trinajstić information content (AvgIpc) is 2.72. The summed E-state index contributed by atoms with van der Waals surface area (Å²) in [5, 5.41) is 4.31. The minimum Gasteiger partial charge on any atom is -0.492 e. The fraction of sp³-hybridized carbons (Fsp3) is 0.364. The van der Waals surface area contributed by atoms with Crippen LogP contribution in [-0.2, 0) is 6.54 Å². The number of hydrogen-bond acceptors (Lipinski definition) is 4. The third-order valence-electron chi connectivity index (χ3n) is 2.42. The number of pyridine rings is 1. The molecular weight excluding hydrogens is 242 g/mol. The van der Waals surface area contributed by atoms with Crippen LogP contribution in [0.4, 0.5) is 0 Å². The molecule has 17 heavy (non-hydrogen) atoms. The summed E-state index contributed by atoms with van der Waals surface area (Å²) in [6.07, 6.45) is 3.07. The maximum Gasteiger partial charge on any atom is 0.257 e. The van der Waals surface area contributed by atoms with Crippen LogP contribution in [0.2, 0.25) is 0 Å². The van der Waals surface area contributed by atoms with Crippen molar-refractivity contribution < 1.29 is 9.53 Å². The van der Waals surface area contributed by atoms with Crippen LogP contribution < -0.4 is 4.74 Å². The predicted molar refractivity (Wildman–Crippen MR) is 64.6 cm³/mol. The Kier molecular flexibility index (Phi) is 3.28. The molecule has 0 amide bonds.